The van der Waals surface area contributed by atoms with Gasteiger partial charge < -0.3 is 15.3 Å². The molecule has 4 N–H and O–H groups in total. The lowest BCUT2D eigenvalue weighted by Gasteiger charge is -2.02. The molecule has 0 aliphatic carbocycles. The van der Waals surface area contributed by atoms with Gasteiger partial charge in [0, 0.05) is 5.56 Å². The largest absolute Gasteiger partial charge is 0.504 e. The summed E-state index contributed by atoms with van der Waals surface area (Å²) in [5.41, 5.74) is -0.286. The standard InChI is InChI=1S/C10H7FN2O4/c11-8-4(1-2-7(14)9(8)15)5-3-6(10(16)17)13-12-5/h1-3,14-15H,(H,12,13)(H,16,17). The number of hydrogen-bond donors (Lipinski definition) is 4. The summed E-state index contributed by atoms with van der Waals surface area (Å²) in [4.78, 5) is 10.6. The van der Waals surface area contributed by atoms with Crippen molar-refractivity contribution in [3.05, 3.63) is 29.7 Å². The number of aromatic amines is 1. The normalized spacial score (nSPS) is 10.4. The number of nitrogens with zero attached hydrogens (tertiary/aromatic N) is 1. The van der Waals surface area contributed by atoms with Gasteiger partial charge in [0.05, 0.1) is 5.69 Å². The Kier molecular flexibility index (Phi) is 2.43. The zero-order valence-corrected chi connectivity index (χ0v) is 8.31. The number of phenols is 2. The maximum Gasteiger partial charge on any atom is 0.353 e. The highest BCUT2D eigenvalue weighted by atomic mass is 19.1. The van der Waals surface area contributed by atoms with Crippen molar-refractivity contribution in [1.82, 2.24) is 10.2 Å². The van der Waals surface area contributed by atoms with Crippen molar-refractivity contribution in [3.8, 4) is 22.8 Å². The number of aromatic carboxylic acids is 1. The summed E-state index contributed by atoms with van der Waals surface area (Å²) >= 11 is 0. The average molecular weight is 238 g/mol. The van der Waals surface area contributed by atoms with Crippen LogP contribution in [0.15, 0.2) is 18.2 Å². The second-order valence-electron chi connectivity index (χ2n) is 3.27. The lowest BCUT2D eigenvalue weighted by molar-refractivity contribution is 0.0690. The van der Waals surface area contributed by atoms with Crippen molar-refractivity contribution in [2.45, 2.75) is 0 Å². The average Bonchev–Trinajstić information content (AvgIpc) is 2.75. The third kappa shape index (κ3) is 1.78. The minimum absolute atomic E-state index is 0.0233. The quantitative estimate of drug-likeness (QED) is 0.590. The number of aromatic nitrogens is 2. The summed E-state index contributed by atoms with van der Waals surface area (Å²) in [6, 6.07) is 3.40. The Morgan fingerprint density at radius 3 is 2.65 bits per heavy atom. The highest BCUT2D eigenvalue weighted by Gasteiger charge is 2.17. The van der Waals surface area contributed by atoms with Gasteiger partial charge >= 0.3 is 5.97 Å². The van der Waals surface area contributed by atoms with E-state index in [1.807, 2.05) is 0 Å². The number of carboxylic acid groups (broad SMARTS) is 1. The molecule has 0 fully saturated rings. The van der Waals surface area contributed by atoms with Gasteiger partial charge in [0.25, 0.3) is 0 Å². The first-order chi connectivity index (χ1) is 8.00. The highest BCUT2D eigenvalue weighted by molar-refractivity contribution is 5.87. The summed E-state index contributed by atoms with van der Waals surface area (Å²) in [6.45, 7) is 0. The minimum Gasteiger partial charge on any atom is -0.504 e. The minimum atomic E-state index is -1.23. The van der Waals surface area contributed by atoms with Crippen LogP contribution in [0.3, 0.4) is 0 Å². The molecule has 0 aliphatic heterocycles. The number of H-pyrrole nitrogens is 1. The molecule has 2 rings (SSSR count). The molecule has 0 bridgehead atoms. The number of phenolic OH excluding ortho intramolecular Hbond substituents is 2. The van der Waals surface area contributed by atoms with Crippen LogP contribution in [0.1, 0.15) is 10.5 Å². The van der Waals surface area contributed by atoms with E-state index < -0.39 is 23.3 Å². The van der Waals surface area contributed by atoms with Gasteiger partial charge in [-0.05, 0) is 18.2 Å². The monoisotopic (exact) mass is 238 g/mol. The second-order valence-corrected chi connectivity index (χ2v) is 3.27. The van der Waals surface area contributed by atoms with Crippen LogP contribution in [-0.2, 0) is 0 Å². The van der Waals surface area contributed by atoms with Crippen molar-refractivity contribution >= 4 is 5.97 Å². The molecule has 0 spiro atoms. The Labute approximate surface area is 94.0 Å². The van der Waals surface area contributed by atoms with Crippen molar-refractivity contribution < 1.29 is 24.5 Å². The maximum atomic E-state index is 13.5. The van der Waals surface area contributed by atoms with Crippen molar-refractivity contribution in [1.29, 1.82) is 0 Å². The fourth-order valence-electron chi connectivity index (χ4n) is 1.32. The molecule has 1 aromatic carbocycles. The Bertz CT molecular complexity index is 594. The van der Waals surface area contributed by atoms with Crippen LogP contribution in [0.5, 0.6) is 11.5 Å². The lowest BCUT2D eigenvalue weighted by Crippen LogP contribution is -1.95. The van der Waals surface area contributed by atoms with Crippen molar-refractivity contribution in [2.24, 2.45) is 0 Å². The first-order valence-corrected chi connectivity index (χ1v) is 4.50. The summed E-state index contributed by atoms with van der Waals surface area (Å²) < 4.78 is 13.5. The first kappa shape index (κ1) is 10.9. The van der Waals surface area contributed by atoms with Crippen LogP contribution >= 0.6 is 0 Å². The Morgan fingerprint density at radius 1 is 1.35 bits per heavy atom. The summed E-state index contributed by atoms with van der Waals surface area (Å²) in [6.07, 6.45) is 0. The molecular formula is C10H7FN2O4. The summed E-state index contributed by atoms with van der Waals surface area (Å²) in [7, 11) is 0. The predicted octanol–water partition coefficient (Wildman–Crippen LogP) is 1.33. The van der Waals surface area contributed by atoms with E-state index in [9.17, 15) is 14.3 Å². The zero-order valence-electron chi connectivity index (χ0n) is 8.31. The number of halogens is 1. The zero-order chi connectivity index (χ0) is 12.6. The third-order valence-corrected chi connectivity index (χ3v) is 2.18. The van der Waals surface area contributed by atoms with E-state index in [-0.39, 0.29) is 17.0 Å². The van der Waals surface area contributed by atoms with Crippen LogP contribution in [0, 0.1) is 5.82 Å². The van der Waals surface area contributed by atoms with Crippen molar-refractivity contribution in [3.63, 3.8) is 0 Å². The SMILES string of the molecule is O=C(O)c1cc(-c2ccc(O)c(O)c2F)n[nH]1. The first-order valence-electron chi connectivity index (χ1n) is 4.50. The highest BCUT2D eigenvalue weighted by Crippen LogP contribution is 2.34. The van der Waals surface area contributed by atoms with Gasteiger partial charge in [-0.15, -0.1) is 0 Å². The molecule has 0 saturated heterocycles. The van der Waals surface area contributed by atoms with Crippen LogP contribution < -0.4 is 0 Å². The van der Waals surface area contributed by atoms with Gasteiger partial charge in [0.1, 0.15) is 5.69 Å². The fraction of sp³-hybridized carbons (Fsp3) is 0. The van der Waals surface area contributed by atoms with Gasteiger partial charge in [-0.3, -0.25) is 5.10 Å². The summed E-state index contributed by atoms with van der Waals surface area (Å²) in [5, 5.41) is 32.7. The van der Waals surface area contributed by atoms with Gasteiger partial charge in [0.15, 0.2) is 17.3 Å². The predicted molar refractivity (Wildman–Crippen MR) is 54.3 cm³/mol. The van der Waals surface area contributed by atoms with E-state index >= 15 is 0 Å². The molecule has 88 valence electrons. The Hall–Kier alpha value is -2.57. The smallest absolute Gasteiger partial charge is 0.353 e. The molecule has 0 amide bonds. The van der Waals surface area contributed by atoms with E-state index in [1.165, 1.54) is 6.07 Å². The lowest BCUT2D eigenvalue weighted by atomic mass is 10.1. The molecule has 0 aliphatic rings. The van der Waals surface area contributed by atoms with Gasteiger partial charge in [-0.2, -0.15) is 5.10 Å². The van der Waals surface area contributed by atoms with Crippen LogP contribution in [0.25, 0.3) is 11.3 Å². The van der Waals surface area contributed by atoms with Gasteiger partial charge in [-0.25, -0.2) is 9.18 Å². The molecule has 1 aromatic heterocycles. The molecule has 0 unspecified atom stereocenters. The van der Waals surface area contributed by atoms with E-state index in [0.717, 1.165) is 12.1 Å². The third-order valence-electron chi connectivity index (χ3n) is 2.18. The number of rotatable bonds is 2. The number of nitrogens with one attached hydrogen (secondary N) is 1. The molecule has 1 heterocycles. The number of carbonyl (C=O) groups is 1. The van der Waals surface area contributed by atoms with Gasteiger partial charge in [0.2, 0.25) is 0 Å². The Morgan fingerprint density at radius 2 is 2.06 bits per heavy atom. The number of aromatic hydroxyl groups is 2. The molecule has 17 heavy (non-hydrogen) atoms. The van der Waals surface area contributed by atoms with Crippen LogP contribution in [-0.4, -0.2) is 31.5 Å². The molecule has 6 nitrogen and oxygen atoms in total. The van der Waals surface area contributed by atoms with E-state index in [2.05, 4.69) is 10.2 Å². The summed E-state index contributed by atoms with van der Waals surface area (Å²) in [5.74, 6) is -3.79. The maximum absolute atomic E-state index is 13.5. The van der Waals surface area contributed by atoms with Gasteiger partial charge in [-0.1, -0.05) is 0 Å². The fourth-order valence-corrected chi connectivity index (χ4v) is 1.32. The van der Waals surface area contributed by atoms with E-state index in [1.54, 1.807) is 0 Å². The number of carboxylic acids is 1. The Balaban J connectivity index is 2.53. The van der Waals surface area contributed by atoms with Crippen LogP contribution in [0.4, 0.5) is 4.39 Å². The topological polar surface area (TPSA) is 106 Å². The molecule has 2 aromatic rings. The second kappa shape index (κ2) is 3.78. The molecule has 0 atom stereocenters. The van der Waals surface area contributed by atoms with E-state index in [0.29, 0.717) is 0 Å². The molecule has 7 heteroatoms. The number of benzene rings is 1. The van der Waals surface area contributed by atoms with Crippen molar-refractivity contribution in [2.75, 3.05) is 0 Å². The molecular weight excluding hydrogens is 231 g/mol. The number of hydrogen-bond acceptors (Lipinski definition) is 4. The molecule has 0 radical (unpaired) electrons. The van der Waals surface area contributed by atoms with Crippen LogP contribution in [0.2, 0.25) is 0 Å². The van der Waals surface area contributed by atoms with E-state index in [4.69, 9.17) is 10.2 Å². The molecule has 0 saturated carbocycles.